The number of esters is 1. The Morgan fingerprint density at radius 3 is 2.74 bits per heavy atom. The van der Waals surface area contributed by atoms with Crippen molar-refractivity contribution in [3.63, 3.8) is 0 Å². The summed E-state index contributed by atoms with van der Waals surface area (Å²) in [5.41, 5.74) is 0. The van der Waals surface area contributed by atoms with Crippen LogP contribution in [0.25, 0.3) is 0 Å². The van der Waals surface area contributed by atoms with E-state index in [4.69, 9.17) is 9.15 Å². The Bertz CT molecular complexity index is 523. The van der Waals surface area contributed by atoms with E-state index in [0.717, 1.165) is 0 Å². The molecular weight excluding hydrogens is 272 g/mol. The van der Waals surface area contributed by atoms with E-state index in [9.17, 15) is 13.2 Å². The Balaban J connectivity index is 2.77. The predicted molar refractivity (Wildman–Crippen MR) is 68.4 cm³/mol. The van der Waals surface area contributed by atoms with Crippen molar-refractivity contribution >= 4 is 16.0 Å². The lowest BCUT2D eigenvalue weighted by molar-refractivity contribution is 0.0484. The first-order valence-electron chi connectivity index (χ1n) is 5.84. The van der Waals surface area contributed by atoms with Gasteiger partial charge < -0.3 is 14.5 Å². The van der Waals surface area contributed by atoms with E-state index in [1.165, 1.54) is 12.1 Å². The van der Waals surface area contributed by atoms with Crippen molar-refractivity contribution in [3.8, 4) is 0 Å². The molecule has 7 nitrogen and oxygen atoms in total. The summed E-state index contributed by atoms with van der Waals surface area (Å²) in [4.78, 5) is 11.4. The highest BCUT2D eigenvalue weighted by Crippen LogP contribution is 2.14. The minimum atomic E-state index is -3.76. The molecule has 0 saturated carbocycles. The molecule has 0 amide bonds. The molecule has 0 saturated heterocycles. The lowest BCUT2D eigenvalue weighted by Gasteiger charge is -2.10. The second-order valence-corrected chi connectivity index (χ2v) is 5.58. The molecule has 1 heterocycles. The number of hydrogen-bond donors (Lipinski definition) is 2. The molecule has 0 aliphatic rings. The Morgan fingerprint density at radius 2 is 2.16 bits per heavy atom. The molecule has 0 spiro atoms. The van der Waals surface area contributed by atoms with Gasteiger partial charge in [0, 0.05) is 12.6 Å². The van der Waals surface area contributed by atoms with Crippen molar-refractivity contribution in [3.05, 3.63) is 17.9 Å². The highest BCUT2D eigenvalue weighted by atomic mass is 32.2. The van der Waals surface area contributed by atoms with Crippen LogP contribution >= 0.6 is 0 Å². The molecule has 0 aliphatic carbocycles. The van der Waals surface area contributed by atoms with Crippen molar-refractivity contribution in [1.29, 1.82) is 0 Å². The third-order valence-electron chi connectivity index (χ3n) is 2.40. The van der Waals surface area contributed by atoms with Gasteiger partial charge in [-0.2, -0.15) is 0 Å². The minimum Gasteiger partial charge on any atom is -0.460 e. The number of hydrogen-bond acceptors (Lipinski definition) is 6. The Kier molecular flexibility index (Phi) is 5.52. The predicted octanol–water partition coefficient (Wildman–Crippen LogP) is 0.343. The van der Waals surface area contributed by atoms with E-state index in [2.05, 4.69) is 10.0 Å². The normalized spacial score (nSPS) is 13.2. The summed E-state index contributed by atoms with van der Waals surface area (Å²) in [7, 11) is -2.03. The van der Waals surface area contributed by atoms with Crippen LogP contribution in [0.5, 0.6) is 0 Å². The summed E-state index contributed by atoms with van der Waals surface area (Å²) in [5, 5.41) is 2.59. The number of furan rings is 1. The molecule has 2 N–H and O–H groups in total. The summed E-state index contributed by atoms with van der Waals surface area (Å²) in [6.07, 6.45) is 0. The number of sulfonamides is 1. The van der Waals surface area contributed by atoms with Gasteiger partial charge in [-0.3, -0.25) is 0 Å². The topological polar surface area (TPSA) is 97.6 Å². The zero-order chi connectivity index (χ0) is 14.5. The van der Waals surface area contributed by atoms with Gasteiger partial charge in [-0.05, 0) is 33.0 Å². The van der Waals surface area contributed by atoms with Gasteiger partial charge >= 0.3 is 5.97 Å². The van der Waals surface area contributed by atoms with Gasteiger partial charge in [0.25, 0.3) is 10.0 Å². The molecule has 1 aromatic heterocycles. The molecule has 8 heteroatoms. The molecule has 0 fully saturated rings. The lowest BCUT2D eigenvalue weighted by Crippen LogP contribution is -2.37. The van der Waals surface area contributed by atoms with Crippen LogP contribution in [-0.2, 0) is 14.8 Å². The monoisotopic (exact) mass is 290 g/mol. The van der Waals surface area contributed by atoms with E-state index < -0.39 is 16.0 Å². The van der Waals surface area contributed by atoms with Gasteiger partial charge in [-0.1, -0.05) is 0 Å². The third kappa shape index (κ3) is 4.34. The lowest BCUT2D eigenvalue weighted by atomic mass is 10.4. The molecule has 19 heavy (non-hydrogen) atoms. The summed E-state index contributed by atoms with van der Waals surface area (Å²) in [6, 6.07) is 2.47. The molecule has 108 valence electrons. The second kappa shape index (κ2) is 6.69. The number of ether oxygens (including phenoxy) is 1. The summed E-state index contributed by atoms with van der Waals surface area (Å²) in [6.45, 7) is 3.89. The number of carbonyl (C=O) groups excluding carboxylic acids is 1. The standard InChI is InChI=1S/C11H18N2O5S/c1-4-17-11(14)9-5-6-10(18-9)19(15,16)13-7-8(2)12-3/h5-6,8,12-13H,4,7H2,1-3H3. The third-order valence-corrected chi connectivity index (χ3v) is 3.69. The SMILES string of the molecule is CCOC(=O)c1ccc(S(=O)(=O)NCC(C)NC)o1. The number of carbonyl (C=O) groups is 1. The minimum absolute atomic E-state index is 0.0192. The van der Waals surface area contributed by atoms with Crippen LogP contribution < -0.4 is 10.0 Å². The summed E-state index contributed by atoms with van der Waals surface area (Å²) >= 11 is 0. The first kappa shape index (κ1) is 15.7. The van der Waals surface area contributed by atoms with E-state index >= 15 is 0 Å². The Hall–Kier alpha value is -1.38. The van der Waals surface area contributed by atoms with Crippen molar-refractivity contribution in [2.24, 2.45) is 0 Å². The van der Waals surface area contributed by atoms with Crippen LogP contribution in [0.15, 0.2) is 21.6 Å². The molecule has 1 rings (SSSR count). The van der Waals surface area contributed by atoms with Crippen LogP contribution in [0.2, 0.25) is 0 Å². The smallest absolute Gasteiger partial charge is 0.374 e. The molecule has 0 bridgehead atoms. The summed E-state index contributed by atoms with van der Waals surface area (Å²) in [5.74, 6) is -0.823. The first-order chi connectivity index (χ1) is 8.90. The van der Waals surface area contributed by atoms with Crippen molar-refractivity contribution in [2.45, 2.75) is 25.0 Å². The zero-order valence-electron chi connectivity index (χ0n) is 11.1. The fourth-order valence-electron chi connectivity index (χ4n) is 1.18. The average Bonchev–Trinajstić information content (AvgIpc) is 2.86. The Labute approximate surface area is 112 Å². The molecule has 1 atom stereocenters. The first-order valence-corrected chi connectivity index (χ1v) is 7.33. The highest BCUT2D eigenvalue weighted by Gasteiger charge is 2.21. The molecule has 1 aromatic rings. The average molecular weight is 290 g/mol. The largest absolute Gasteiger partial charge is 0.460 e. The zero-order valence-corrected chi connectivity index (χ0v) is 11.9. The van der Waals surface area contributed by atoms with Gasteiger partial charge in [-0.15, -0.1) is 0 Å². The number of nitrogens with one attached hydrogen (secondary N) is 2. The van der Waals surface area contributed by atoms with Crippen LogP contribution in [0, 0.1) is 0 Å². The fourth-order valence-corrected chi connectivity index (χ4v) is 2.24. The summed E-state index contributed by atoms with van der Waals surface area (Å²) < 4.78 is 35.8. The molecule has 0 radical (unpaired) electrons. The number of rotatable bonds is 7. The van der Waals surface area contributed by atoms with Crippen molar-refractivity contribution in [2.75, 3.05) is 20.2 Å². The maximum absolute atomic E-state index is 11.9. The van der Waals surface area contributed by atoms with Gasteiger partial charge in [0.15, 0.2) is 0 Å². The van der Waals surface area contributed by atoms with Gasteiger partial charge in [-0.25, -0.2) is 17.9 Å². The van der Waals surface area contributed by atoms with Crippen LogP contribution in [0.1, 0.15) is 24.4 Å². The van der Waals surface area contributed by atoms with Gasteiger partial charge in [0.1, 0.15) is 0 Å². The quantitative estimate of drug-likeness (QED) is 0.703. The Morgan fingerprint density at radius 1 is 1.47 bits per heavy atom. The van der Waals surface area contributed by atoms with Gasteiger partial charge in [0.2, 0.25) is 10.9 Å². The van der Waals surface area contributed by atoms with E-state index in [1.807, 2.05) is 6.92 Å². The van der Waals surface area contributed by atoms with E-state index in [1.54, 1.807) is 14.0 Å². The maximum atomic E-state index is 11.9. The van der Waals surface area contributed by atoms with Crippen molar-refractivity contribution in [1.82, 2.24) is 10.0 Å². The fraction of sp³-hybridized carbons (Fsp3) is 0.545. The molecule has 1 unspecified atom stereocenters. The van der Waals surface area contributed by atoms with Crippen molar-refractivity contribution < 1.29 is 22.4 Å². The maximum Gasteiger partial charge on any atom is 0.374 e. The van der Waals surface area contributed by atoms with Crippen LogP contribution in [0.4, 0.5) is 0 Å². The van der Waals surface area contributed by atoms with Crippen LogP contribution in [0.3, 0.4) is 0 Å². The molecule has 0 aromatic carbocycles. The van der Waals surface area contributed by atoms with E-state index in [0.29, 0.717) is 0 Å². The second-order valence-electron chi connectivity index (χ2n) is 3.88. The van der Waals surface area contributed by atoms with Gasteiger partial charge in [0.05, 0.1) is 6.61 Å². The van der Waals surface area contributed by atoms with Crippen LogP contribution in [-0.4, -0.2) is 40.6 Å². The molecular formula is C11H18N2O5S. The highest BCUT2D eigenvalue weighted by molar-refractivity contribution is 7.89. The molecule has 0 aliphatic heterocycles. The number of likely N-dealkylation sites (N-methyl/N-ethyl adjacent to an activating group) is 1. The van der Waals surface area contributed by atoms with E-state index in [-0.39, 0.29) is 30.0 Å².